The van der Waals surface area contributed by atoms with Crippen molar-refractivity contribution in [1.82, 2.24) is 4.90 Å². The summed E-state index contributed by atoms with van der Waals surface area (Å²) < 4.78 is 0. The first-order valence-corrected chi connectivity index (χ1v) is 5.98. The van der Waals surface area contributed by atoms with Gasteiger partial charge in [-0.2, -0.15) is 5.26 Å². The van der Waals surface area contributed by atoms with Gasteiger partial charge in [0.05, 0.1) is 11.3 Å². The first-order chi connectivity index (χ1) is 8.04. The Balaban J connectivity index is 2.69. The minimum Gasteiger partial charge on any atom is -0.373 e. The lowest BCUT2D eigenvalue weighted by atomic mass is 10.1. The smallest absolute Gasteiger partial charge is 0.101 e. The summed E-state index contributed by atoms with van der Waals surface area (Å²) in [6.45, 7) is 1.97. The molecule has 0 saturated carbocycles. The molecule has 0 aliphatic heterocycles. The van der Waals surface area contributed by atoms with Gasteiger partial charge >= 0.3 is 0 Å². The van der Waals surface area contributed by atoms with E-state index in [1.807, 2.05) is 19.2 Å². The molecule has 0 heterocycles. The zero-order valence-corrected chi connectivity index (χ0v) is 11.3. The molecule has 0 aliphatic carbocycles. The van der Waals surface area contributed by atoms with E-state index in [-0.39, 0.29) is 0 Å². The molecule has 0 saturated heterocycles. The number of hydrogen-bond donors (Lipinski definition) is 0. The molecule has 0 aromatic heterocycles. The molecule has 0 N–H and O–H groups in total. The molecule has 3 nitrogen and oxygen atoms in total. The van der Waals surface area contributed by atoms with Crippen molar-refractivity contribution >= 4 is 17.3 Å². The summed E-state index contributed by atoms with van der Waals surface area (Å²) >= 11 is 5.87. The molecule has 0 amide bonds. The first-order valence-electron chi connectivity index (χ1n) is 5.60. The van der Waals surface area contributed by atoms with E-state index in [0.29, 0.717) is 10.6 Å². The Morgan fingerprint density at radius 3 is 2.53 bits per heavy atom. The van der Waals surface area contributed by atoms with Crippen LogP contribution in [0, 0.1) is 11.3 Å². The molecule has 0 atom stereocenters. The number of halogens is 1. The van der Waals surface area contributed by atoms with Gasteiger partial charge in [0.2, 0.25) is 0 Å². The van der Waals surface area contributed by atoms with Gasteiger partial charge in [-0.1, -0.05) is 11.6 Å². The van der Waals surface area contributed by atoms with E-state index in [4.69, 9.17) is 16.9 Å². The maximum absolute atomic E-state index is 9.06. The van der Waals surface area contributed by atoms with Crippen molar-refractivity contribution in [3.8, 4) is 6.07 Å². The highest BCUT2D eigenvalue weighted by molar-refractivity contribution is 6.30. The van der Waals surface area contributed by atoms with Crippen LogP contribution in [0.1, 0.15) is 12.0 Å². The fraction of sp³-hybridized carbons (Fsp3) is 0.462. The van der Waals surface area contributed by atoms with Crippen molar-refractivity contribution in [1.29, 1.82) is 5.26 Å². The summed E-state index contributed by atoms with van der Waals surface area (Å²) in [5.74, 6) is 0. The molecule has 17 heavy (non-hydrogen) atoms. The van der Waals surface area contributed by atoms with Gasteiger partial charge in [-0.3, -0.25) is 0 Å². The summed E-state index contributed by atoms with van der Waals surface area (Å²) in [4.78, 5) is 4.25. The molecule has 1 rings (SSSR count). The summed E-state index contributed by atoms with van der Waals surface area (Å²) in [7, 11) is 6.12. The molecular weight excluding hydrogens is 234 g/mol. The zero-order valence-electron chi connectivity index (χ0n) is 10.6. The first kappa shape index (κ1) is 13.8. The van der Waals surface area contributed by atoms with E-state index in [0.717, 1.165) is 25.2 Å². The van der Waals surface area contributed by atoms with Crippen LogP contribution >= 0.6 is 11.6 Å². The fourth-order valence-electron chi connectivity index (χ4n) is 1.68. The molecule has 0 fully saturated rings. The standard InChI is InChI=1S/C13H18ClN3/c1-16(2)7-4-8-17(3)13-6-5-12(14)9-11(13)10-15/h5-6,9H,4,7-8H2,1-3H3. The van der Waals surface area contributed by atoms with Crippen LogP contribution in [-0.2, 0) is 0 Å². The average molecular weight is 252 g/mol. The Morgan fingerprint density at radius 1 is 1.24 bits per heavy atom. The van der Waals surface area contributed by atoms with Gasteiger partial charge < -0.3 is 9.80 Å². The van der Waals surface area contributed by atoms with Crippen LogP contribution in [0.15, 0.2) is 18.2 Å². The van der Waals surface area contributed by atoms with Gasteiger partial charge in [0.1, 0.15) is 6.07 Å². The van der Waals surface area contributed by atoms with Crippen LogP contribution in [0.5, 0.6) is 0 Å². The maximum atomic E-state index is 9.06. The van der Waals surface area contributed by atoms with Crippen LogP contribution in [-0.4, -0.2) is 39.1 Å². The summed E-state index contributed by atoms with van der Waals surface area (Å²) in [6, 6.07) is 7.61. The molecule has 0 radical (unpaired) electrons. The number of nitrogens with zero attached hydrogens (tertiary/aromatic N) is 3. The van der Waals surface area contributed by atoms with Crippen LogP contribution in [0.4, 0.5) is 5.69 Å². The molecule has 0 unspecified atom stereocenters. The van der Waals surface area contributed by atoms with Crippen LogP contribution in [0.2, 0.25) is 5.02 Å². The Labute approximate surface area is 108 Å². The predicted octanol–water partition coefficient (Wildman–Crippen LogP) is 2.60. The van der Waals surface area contributed by atoms with Crippen LogP contribution in [0.25, 0.3) is 0 Å². The second kappa shape index (κ2) is 6.48. The van der Waals surface area contributed by atoms with Crippen molar-refractivity contribution in [2.45, 2.75) is 6.42 Å². The third-order valence-electron chi connectivity index (χ3n) is 2.59. The van der Waals surface area contributed by atoms with Crippen molar-refractivity contribution in [2.75, 3.05) is 39.1 Å². The van der Waals surface area contributed by atoms with Gasteiger partial charge in [-0.25, -0.2) is 0 Å². The quantitative estimate of drug-likeness (QED) is 0.806. The third-order valence-corrected chi connectivity index (χ3v) is 2.82. The number of nitriles is 1. The monoisotopic (exact) mass is 251 g/mol. The molecule has 92 valence electrons. The van der Waals surface area contributed by atoms with Crippen LogP contribution < -0.4 is 4.90 Å². The Hall–Kier alpha value is -1.24. The minimum absolute atomic E-state index is 0.604. The third kappa shape index (κ3) is 4.26. The number of hydrogen-bond acceptors (Lipinski definition) is 3. The zero-order chi connectivity index (χ0) is 12.8. The van der Waals surface area contributed by atoms with Crippen LogP contribution in [0.3, 0.4) is 0 Å². The van der Waals surface area contributed by atoms with Gasteiger partial charge in [-0.15, -0.1) is 0 Å². The molecule has 1 aromatic rings. The SMILES string of the molecule is CN(C)CCCN(C)c1ccc(Cl)cc1C#N. The van der Waals surface area contributed by atoms with Crippen molar-refractivity contribution < 1.29 is 0 Å². The molecule has 1 aromatic carbocycles. The Morgan fingerprint density at radius 2 is 1.94 bits per heavy atom. The highest BCUT2D eigenvalue weighted by Gasteiger charge is 2.07. The largest absolute Gasteiger partial charge is 0.373 e. The predicted molar refractivity (Wildman–Crippen MR) is 72.6 cm³/mol. The topological polar surface area (TPSA) is 30.3 Å². The highest BCUT2D eigenvalue weighted by Crippen LogP contribution is 2.22. The lowest BCUT2D eigenvalue weighted by molar-refractivity contribution is 0.401. The van der Waals surface area contributed by atoms with Gasteiger partial charge in [0.15, 0.2) is 0 Å². The lowest BCUT2D eigenvalue weighted by Crippen LogP contribution is -2.23. The number of rotatable bonds is 5. The average Bonchev–Trinajstić information content (AvgIpc) is 2.28. The second-order valence-electron chi connectivity index (χ2n) is 4.35. The molecule has 0 aliphatic rings. The summed E-state index contributed by atoms with van der Waals surface area (Å²) in [5, 5.41) is 9.67. The molecule has 4 heteroatoms. The Bertz CT molecular complexity index is 410. The Kier molecular flexibility index (Phi) is 5.27. The van der Waals surface area contributed by atoms with E-state index in [2.05, 4.69) is 30.0 Å². The molecule has 0 spiro atoms. The summed E-state index contributed by atoms with van der Waals surface area (Å²) in [5.41, 5.74) is 1.57. The van der Waals surface area contributed by atoms with Crippen molar-refractivity contribution in [2.24, 2.45) is 0 Å². The minimum atomic E-state index is 0.604. The maximum Gasteiger partial charge on any atom is 0.101 e. The molecular formula is C13H18ClN3. The molecule has 0 bridgehead atoms. The summed E-state index contributed by atoms with van der Waals surface area (Å²) in [6.07, 6.45) is 1.07. The van der Waals surface area contributed by atoms with E-state index in [1.165, 1.54) is 0 Å². The fourth-order valence-corrected chi connectivity index (χ4v) is 1.85. The van der Waals surface area contributed by atoms with Gasteiger partial charge in [-0.05, 0) is 45.3 Å². The normalized spacial score (nSPS) is 10.4. The van der Waals surface area contributed by atoms with Crippen molar-refractivity contribution in [3.63, 3.8) is 0 Å². The van der Waals surface area contributed by atoms with E-state index < -0.39 is 0 Å². The number of benzene rings is 1. The lowest BCUT2D eigenvalue weighted by Gasteiger charge is -2.21. The van der Waals surface area contributed by atoms with E-state index in [1.54, 1.807) is 6.07 Å². The van der Waals surface area contributed by atoms with E-state index >= 15 is 0 Å². The van der Waals surface area contributed by atoms with Crippen molar-refractivity contribution in [3.05, 3.63) is 28.8 Å². The second-order valence-corrected chi connectivity index (χ2v) is 4.79. The van der Waals surface area contributed by atoms with Gasteiger partial charge in [0, 0.05) is 18.6 Å². The van der Waals surface area contributed by atoms with E-state index in [9.17, 15) is 0 Å². The number of anilines is 1. The highest BCUT2D eigenvalue weighted by atomic mass is 35.5. The van der Waals surface area contributed by atoms with Gasteiger partial charge in [0.25, 0.3) is 0 Å².